The third-order valence-corrected chi connectivity index (χ3v) is 10.3. The van der Waals surface area contributed by atoms with Gasteiger partial charge < -0.3 is 9.32 Å². The van der Waals surface area contributed by atoms with Crippen molar-refractivity contribution in [3.63, 3.8) is 0 Å². The van der Waals surface area contributed by atoms with Gasteiger partial charge in [0.1, 0.15) is 11.2 Å². The smallest absolute Gasteiger partial charge is 0.136 e. The summed E-state index contributed by atoms with van der Waals surface area (Å²) in [6, 6.07) is 71.7. The number of hydrogen-bond donors (Lipinski definition) is 0. The van der Waals surface area contributed by atoms with Crippen molar-refractivity contribution in [1.82, 2.24) is 0 Å². The molecule has 0 bridgehead atoms. The highest BCUT2D eigenvalue weighted by molar-refractivity contribution is 6.20. The highest BCUT2D eigenvalue weighted by Gasteiger charge is 2.19. The summed E-state index contributed by atoms with van der Waals surface area (Å²) < 4.78 is 6.38. The van der Waals surface area contributed by atoms with E-state index in [0.29, 0.717) is 0 Å². The van der Waals surface area contributed by atoms with E-state index in [1.165, 1.54) is 49.5 Å². The normalized spacial score (nSPS) is 11.5. The molecule has 0 atom stereocenters. The molecule has 0 aliphatic heterocycles. The van der Waals surface area contributed by atoms with E-state index in [1.54, 1.807) is 0 Å². The molecule has 0 radical (unpaired) electrons. The van der Waals surface area contributed by atoms with Crippen LogP contribution in [-0.4, -0.2) is 0 Å². The minimum atomic E-state index is 0.898. The lowest BCUT2D eigenvalue weighted by atomic mass is 9.94. The van der Waals surface area contributed by atoms with Crippen LogP contribution in [-0.2, 0) is 0 Å². The first kappa shape index (κ1) is 30.0. The maximum absolute atomic E-state index is 6.38. The molecule has 2 heteroatoms. The lowest BCUT2D eigenvalue weighted by Crippen LogP contribution is -2.10. The molecule has 0 saturated heterocycles. The lowest BCUT2D eigenvalue weighted by molar-refractivity contribution is 0.669. The largest absolute Gasteiger partial charge is 0.456 e. The maximum atomic E-state index is 6.38. The van der Waals surface area contributed by atoms with Gasteiger partial charge in [0.25, 0.3) is 0 Å². The number of anilines is 3. The summed E-state index contributed by atoms with van der Waals surface area (Å²) in [5.74, 6) is 0. The van der Waals surface area contributed by atoms with E-state index in [4.69, 9.17) is 4.42 Å². The summed E-state index contributed by atoms with van der Waals surface area (Å²) in [5, 5.41) is 7.03. The standard InChI is InChI=1S/C50H33NO/c1-3-13-34(14-4-1)35-23-27-39(28-24-35)51(40-29-25-37(26-30-40)42-18-8-7-17-41(42)36-15-5-2-6-16-36)48-31-38-32-50-47(45-21-11-12-22-49(45)52-50)33-46(38)43-19-9-10-20-44(43)48/h1-33H. The lowest BCUT2D eigenvalue weighted by Gasteiger charge is -2.28. The number of furan rings is 1. The van der Waals surface area contributed by atoms with Crippen molar-refractivity contribution in [2.75, 3.05) is 4.90 Å². The van der Waals surface area contributed by atoms with Crippen molar-refractivity contribution < 1.29 is 4.42 Å². The molecule has 0 fully saturated rings. The Labute approximate surface area is 302 Å². The number of nitrogens with zero attached hydrogens (tertiary/aromatic N) is 1. The van der Waals surface area contributed by atoms with Gasteiger partial charge in [-0.1, -0.05) is 152 Å². The Bertz CT molecular complexity index is 2870. The van der Waals surface area contributed by atoms with Crippen LogP contribution in [0.15, 0.2) is 205 Å². The van der Waals surface area contributed by atoms with Gasteiger partial charge in [0.2, 0.25) is 0 Å². The highest BCUT2D eigenvalue weighted by atomic mass is 16.3. The molecule has 10 rings (SSSR count). The van der Waals surface area contributed by atoms with Crippen LogP contribution in [0.5, 0.6) is 0 Å². The summed E-state index contributed by atoms with van der Waals surface area (Å²) >= 11 is 0. The molecule has 0 amide bonds. The fourth-order valence-corrected chi connectivity index (χ4v) is 7.75. The number of rotatable bonds is 6. The van der Waals surface area contributed by atoms with Crippen molar-refractivity contribution in [3.8, 4) is 33.4 Å². The van der Waals surface area contributed by atoms with Crippen LogP contribution in [0.4, 0.5) is 17.1 Å². The fraction of sp³-hybridized carbons (Fsp3) is 0. The maximum Gasteiger partial charge on any atom is 0.136 e. The zero-order chi connectivity index (χ0) is 34.4. The molecule has 0 spiro atoms. The predicted octanol–water partition coefficient (Wildman–Crippen LogP) is 14.4. The minimum absolute atomic E-state index is 0.898. The summed E-state index contributed by atoms with van der Waals surface area (Å²) in [6.07, 6.45) is 0. The van der Waals surface area contributed by atoms with Crippen LogP contribution < -0.4 is 4.90 Å². The van der Waals surface area contributed by atoms with Crippen LogP contribution in [0.25, 0.3) is 76.9 Å². The molecule has 0 saturated carbocycles. The summed E-state index contributed by atoms with van der Waals surface area (Å²) in [4.78, 5) is 2.40. The van der Waals surface area contributed by atoms with E-state index in [9.17, 15) is 0 Å². The van der Waals surface area contributed by atoms with Gasteiger partial charge in [-0.2, -0.15) is 0 Å². The third-order valence-electron chi connectivity index (χ3n) is 10.3. The van der Waals surface area contributed by atoms with Crippen molar-refractivity contribution in [1.29, 1.82) is 0 Å². The van der Waals surface area contributed by atoms with Gasteiger partial charge in [-0.15, -0.1) is 0 Å². The van der Waals surface area contributed by atoms with E-state index >= 15 is 0 Å². The Morgan fingerprint density at radius 2 is 0.808 bits per heavy atom. The molecule has 0 N–H and O–H groups in total. The first-order valence-electron chi connectivity index (χ1n) is 17.8. The fourth-order valence-electron chi connectivity index (χ4n) is 7.75. The van der Waals surface area contributed by atoms with E-state index in [-0.39, 0.29) is 0 Å². The average Bonchev–Trinajstić information content (AvgIpc) is 3.59. The van der Waals surface area contributed by atoms with E-state index < -0.39 is 0 Å². The Morgan fingerprint density at radius 1 is 0.308 bits per heavy atom. The average molecular weight is 664 g/mol. The van der Waals surface area contributed by atoms with Crippen LogP contribution in [0.1, 0.15) is 0 Å². The van der Waals surface area contributed by atoms with Crippen molar-refractivity contribution in [2.24, 2.45) is 0 Å². The quantitative estimate of drug-likeness (QED) is 0.165. The van der Waals surface area contributed by atoms with E-state index in [1.807, 2.05) is 12.1 Å². The topological polar surface area (TPSA) is 16.4 Å². The van der Waals surface area contributed by atoms with Gasteiger partial charge in [0.05, 0.1) is 5.69 Å². The van der Waals surface area contributed by atoms with Gasteiger partial charge in [0.15, 0.2) is 0 Å². The molecule has 52 heavy (non-hydrogen) atoms. The van der Waals surface area contributed by atoms with Crippen LogP contribution in [0.3, 0.4) is 0 Å². The molecular formula is C50H33NO. The van der Waals surface area contributed by atoms with Crippen molar-refractivity contribution in [2.45, 2.75) is 0 Å². The van der Waals surface area contributed by atoms with Gasteiger partial charge in [-0.05, 0) is 98.1 Å². The van der Waals surface area contributed by atoms with Crippen LogP contribution in [0, 0.1) is 0 Å². The van der Waals surface area contributed by atoms with Crippen molar-refractivity contribution >= 4 is 60.5 Å². The Balaban J connectivity index is 1.17. The van der Waals surface area contributed by atoms with E-state index in [2.05, 4.69) is 193 Å². The number of benzene rings is 9. The highest BCUT2D eigenvalue weighted by Crippen LogP contribution is 2.45. The van der Waals surface area contributed by atoms with Crippen molar-refractivity contribution in [3.05, 3.63) is 200 Å². The van der Waals surface area contributed by atoms with Crippen LogP contribution >= 0.6 is 0 Å². The second-order valence-corrected chi connectivity index (χ2v) is 13.3. The molecule has 2 nitrogen and oxygen atoms in total. The van der Waals surface area contributed by atoms with Gasteiger partial charge >= 0.3 is 0 Å². The molecule has 9 aromatic carbocycles. The first-order valence-corrected chi connectivity index (χ1v) is 17.8. The second-order valence-electron chi connectivity index (χ2n) is 13.3. The number of para-hydroxylation sites is 1. The molecular weight excluding hydrogens is 631 g/mol. The Kier molecular flexibility index (Phi) is 7.18. The molecule has 0 aliphatic rings. The molecule has 244 valence electrons. The zero-order valence-corrected chi connectivity index (χ0v) is 28.4. The molecule has 1 heterocycles. The number of hydrogen-bond acceptors (Lipinski definition) is 2. The summed E-state index contributed by atoms with van der Waals surface area (Å²) in [6.45, 7) is 0. The third kappa shape index (κ3) is 5.12. The predicted molar refractivity (Wildman–Crippen MR) is 220 cm³/mol. The molecule has 1 aromatic heterocycles. The minimum Gasteiger partial charge on any atom is -0.456 e. The summed E-state index contributed by atoms with van der Waals surface area (Å²) in [7, 11) is 0. The summed E-state index contributed by atoms with van der Waals surface area (Å²) in [5.41, 5.74) is 12.3. The van der Waals surface area contributed by atoms with Gasteiger partial charge in [-0.25, -0.2) is 0 Å². The molecule has 10 aromatic rings. The van der Waals surface area contributed by atoms with Crippen LogP contribution in [0.2, 0.25) is 0 Å². The molecule has 0 aliphatic carbocycles. The van der Waals surface area contributed by atoms with Gasteiger partial charge in [-0.3, -0.25) is 0 Å². The monoisotopic (exact) mass is 663 g/mol. The Morgan fingerprint density at radius 3 is 1.48 bits per heavy atom. The van der Waals surface area contributed by atoms with Gasteiger partial charge in [0, 0.05) is 27.5 Å². The number of fused-ring (bicyclic) bond motifs is 6. The molecule has 0 unspecified atom stereocenters. The Hall–Kier alpha value is -6.90. The first-order chi connectivity index (χ1) is 25.8. The SMILES string of the molecule is c1ccc(-c2ccc(N(c3ccc(-c4ccccc4-c4ccccc4)cc3)c3cc4cc5oc6ccccc6c5cc4c4ccccc34)cc2)cc1. The van der Waals surface area contributed by atoms with E-state index in [0.717, 1.165) is 44.4 Å². The zero-order valence-electron chi connectivity index (χ0n) is 28.4. The second kappa shape index (κ2) is 12.5.